The Labute approximate surface area is 114 Å². The maximum Gasteiger partial charge on any atom is 0.356 e. The summed E-state index contributed by atoms with van der Waals surface area (Å²) in [6.45, 7) is 0. The summed E-state index contributed by atoms with van der Waals surface area (Å²) in [4.78, 5) is 15.9. The average Bonchev–Trinajstić information content (AvgIpc) is 3.04. The number of fused-ring (bicyclic) bond motifs is 1. The second-order valence-corrected chi connectivity index (χ2v) is 4.98. The normalized spacial score (nSPS) is 14.8. The molecule has 0 amide bonds. The summed E-state index contributed by atoms with van der Waals surface area (Å²) in [5.41, 5.74) is 1.74. The van der Waals surface area contributed by atoms with Crippen molar-refractivity contribution in [1.82, 2.24) is 19.2 Å². The number of hydrogen-bond donors (Lipinski definition) is 1. The van der Waals surface area contributed by atoms with Gasteiger partial charge in [-0.25, -0.2) is 14.5 Å². The average molecular weight is 268 g/mol. The lowest BCUT2D eigenvalue weighted by atomic mass is 10.3. The van der Waals surface area contributed by atoms with E-state index < -0.39 is 5.97 Å². The lowest BCUT2D eigenvalue weighted by molar-refractivity contribution is 0.0689. The van der Waals surface area contributed by atoms with Crippen LogP contribution >= 0.6 is 0 Å². The van der Waals surface area contributed by atoms with Gasteiger partial charge in [0, 0.05) is 18.3 Å². The molecule has 0 aliphatic heterocycles. The lowest BCUT2D eigenvalue weighted by Crippen LogP contribution is -2.08. The van der Waals surface area contributed by atoms with Gasteiger partial charge in [-0.3, -0.25) is 4.40 Å². The topological polar surface area (TPSA) is 72.4 Å². The van der Waals surface area contributed by atoms with Crippen LogP contribution in [0.4, 0.5) is 0 Å². The van der Waals surface area contributed by atoms with Gasteiger partial charge in [0.1, 0.15) is 5.65 Å². The SMILES string of the molecule is O=C(O)c1c(-n2ccc(C3CC3)n2)nc2ccccn12. The largest absolute Gasteiger partial charge is 0.476 e. The fourth-order valence-electron chi connectivity index (χ4n) is 2.39. The molecule has 1 aliphatic carbocycles. The predicted molar refractivity (Wildman–Crippen MR) is 71.2 cm³/mol. The Morgan fingerprint density at radius 3 is 2.85 bits per heavy atom. The molecular weight excluding hydrogens is 256 g/mol. The predicted octanol–water partition coefficient (Wildman–Crippen LogP) is 2.10. The Bertz CT molecular complexity index is 814. The van der Waals surface area contributed by atoms with Crippen LogP contribution in [0.3, 0.4) is 0 Å². The number of carboxylic acids is 1. The van der Waals surface area contributed by atoms with Crippen LogP contribution in [0.2, 0.25) is 0 Å². The van der Waals surface area contributed by atoms with E-state index in [0.29, 0.717) is 17.4 Å². The van der Waals surface area contributed by atoms with Crippen LogP contribution in [0.5, 0.6) is 0 Å². The van der Waals surface area contributed by atoms with Crippen LogP contribution in [0.25, 0.3) is 11.5 Å². The van der Waals surface area contributed by atoms with Crippen LogP contribution in [0.15, 0.2) is 36.7 Å². The number of carbonyl (C=O) groups is 1. The molecular formula is C14H12N4O2. The second-order valence-electron chi connectivity index (χ2n) is 4.98. The molecule has 20 heavy (non-hydrogen) atoms. The van der Waals surface area contributed by atoms with E-state index in [0.717, 1.165) is 18.5 Å². The van der Waals surface area contributed by atoms with E-state index in [1.54, 1.807) is 33.6 Å². The first-order valence-corrected chi connectivity index (χ1v) is 6.50. The van der Waals surface area contributed by atoms with E-state index in [-0.39, 0.29) is 5.69 Å². The Hall–Kier alpha value is -2.63. The van der Waals surface area contributed by atoms with E-state index in [9.17, 15) is 9.90 Å². The van der Waals surface area contributed by atoms with Crippen LogP contribution in [-0.2, 0) is 0 Å². The summed E-state index contributed by atoms with van der Waals surface area (Å²) >= 11 is 0. The van der Waals surface area contributed by atoms with Crippen molar-refractivity contribution in [2.45, 2.75) is 18.8 Å². The van der Waals surface area contributed by atoms with E-state index in [1.165, 1.54) is 0 Å². The smallest absolute Gasteiger partial charge is 0.356 e. The molecule has 0 aromatic carbocycles. The van der Waals surface area contributed by atoms with Crippen molar-refractivity contribution in [3.05, 3.63) is 48.0 Å². The van der Waals surface area contributed by atoms with E-state index in [4.69, 9.17) is 0 Å². The molecule has 100 valence electrons. The van der Waals surface area contributed by atoms with Gasteiger partial charge in [0.05, 0.1) is 5.69 Å². The Balaban J connectivity index is 1.92. The van der Waals surface area contributed by atoms with Crippen LogP contribution < -0.4 is 0 Å². The Morgan fingerprint density at radius 2 is 2.10 bits per heavy atom. The molecule has 6 nitrogen and oxygen atoms in total. The zero-order valence-corrected chi connectivity index (χ0v) is 10.6. The standard InChI is InChI=1S/C14H12N4O2/c19-14(20)12-13(15-11-3-1-2-7-17(11)12)18-8-6-10(16-18)9-4-5-9/h1-3,6-9H,4-5H2,(H,19,20). The highest BCUT2D eigenvalue weighted by Gasteiger charge is 2.27. The molecule has 4 rings (SSSR count). The summed E-state index contributed by atoms with van der Waals surface area (Å²) < 4.78 is 3.13. The molecule has 0 spiro atoms. The number of aromatic nitrogens is 4. The summed E-state index contributed by atoms with van der Waals surface area (Å²) in [6.07, 6.45) is 5.80. The van der Waals surface area contributed by atoms with Crippen molar-refractivity contribution in [3.63, 3.8) is 0 Å². The molecule has 3 aromatic rings. The van der Waals surface area contributed by atoms with Gasteiger partial charge < -0.3 is 5.11 Å². The molecule has 1 N–H and O–H groups in total. The zero-order chi connectivity index (χ0) is 13.7. The molecule has 6 heteroatoms. The van der Waals surface area contributed by atoms with Crippen molar-refractivity contribution < 1.29 is 9.90 Å². The fraction of sp³-hybridized carbons (Fsp3) is 0.214. The minimum absolute atomic E-state index is 0.131. The van der Waals surface area contributed by atoms with Gasteiger partial charge in [-0.05, 0) is 31.0 Å². The first-order valence-electron chi connectivity index (χ1n) is 6.50. The number of pyridine rings is 1. The molecule has 1 fully saturated rings. The Kier molecular flexibility index (Phi) is 2.20. The van der Waals surface area contributed by atoms with Gasteiger partial charge in [0.2, 0.25) is 0 Å². The molecule has 0 saturated heterocycles. The molecule has 1 aliphatic rings. The van der Waals surface area contributed by atoms with Gasteiger partial charge in [0.25, 0.3) is 0 Å². The molecule has 0 atom stereocenters. The summed E-state index contributed by atoms with van der Waals surface area (Å²) in [5.74, 6) is -0.126. The maximum absolute atomic E-state index is 11.5. The number of rotatable bonds is 3. The van der Waals surface area contributed by atoms with Crippen LogP contribution in [0.1, 0.15) is 34.9 Å². The third-order valence-electron chi connectivity index (χ3n) is 3.54. The third-order valence-corrected chi connectivity index (χ3v) is 3.54. The Morgan fingerprint density at radius 1 is 1.25 bits per heavy atom. The fourth-order valence-corrected chi connectivity index (χ4v) is 2.39. The zero-order valence-electron chi connectivity index (χ0n) is 10.6. The van der Waals surface area contributed by atoms with Gasteiger partial charge in [0.15, 0.2) is 11.5 Å². The first-order chi connectivity index (χ1) is 9.74. The van der Waals surface area contributed by atoms with Crippen molar-refractivity contribution in [1.29, 1.82) is 0 Å². The van der Waals surface area contributed by atoms with E-state index >= 15 is 0 Å². The summed E-state index contributed by atoms with van der Waals surface area (Å²) in [7, 11) is 0. The first kappa shape index (κ1) is 11.2. The minimum atomic E-state index is -1.01. The number of hydrogen-bond acceptors (Lipinski definition) is 3. The van der Waals surface area contributed by atoms with E-state index in [2.05, 4.69) is 10.1 Å². The summed E-state index contributed by atoms with van der Waals surface area (Å²) in [5, 5.41) is 13.9. The number of aromatic carboxylic acids is 1. The molecule has 1 saturated carbocycles. The number of nitrogens with zero attached hydrogens (tertiary/aromatic N) is 4. The van der Waals surface area contributed by atoms with Crippen molar-refractivity contribution in [2.24, 2.45) is 0 Å². The second kappa shape index (κ2) is 3.93. The monoisotopic (exact) mass is 268 g/mol. The molecule has 0 bridgehead atoms. The summed E-state index contributed by atoms with van der Waals surface area (Å²) in [6, 6.07) is 7.33. The lowest BCUT2D eigenvalue weighted by Gasteiger charge is -1.99. The molecule has 3 heterocycles. The minimum Gasteiger partial charge on any atom is -0.476 e. The highest BCUT2D eigenvalue weighted by molar-refractivity contribution is 5.90. The quantitative estimate of drug-likeness (QED) is 0.789. The van der Waals surface area contributed by atoms with Crippen LogP contribution in [-0.4, -0.2) is 30.2 Å². The van der Waals surface area contributed by atoms with Crippen molar-refractivity contribution in [3.8, 4) is 5.82 Å². The van der Waals surface area contributed by atoms with Gasteiger partial charge in [-0.1, -0.05) is 6.07 Å². The van der Waals surface area contributed by atoms with Gasteiger partial charge in [-0.15, -0.1) is 0 Å². The van der Waals surface area contributed by atoms with Gasteiger partial charge in [-0.2, -0.15) is 5.10 Å². The molecule has 0 unspecified atom stereocenters. The third kappa shape index (κ3) is 1.61. The number of carboxylic acid groups (broad SMARTS) is 1. The highest BCUT2D eigenvalue weighted by Crippen LogP contribution is 2.39. The van der Waals surface area contributed by atoms with E-state index in [1.807, 2.05) is 12.1 Å². The maximum atomic E-state index is 11.5. The number of imidazole rings is 1. The van der Waals surface area contributed by atoms with Crippen molar-refractivity contribution >= 4 is 11.6 Å². The highest BCUT2D eigenvalue weighted by atomic mass is 16.4. The van der Waals surface area contributed by atoms with Crippen LogP contribution in [0, 0.1) is 0 Å². The van der Waals surface area contributed by atoms with Gasteiger partial charge >= 0.3 is 5.97 Å². The molecule has 3 aromatic heterocycles. The van der Waals surface area contributed by atoms with Crippen molar-refractivity contribution in [2.75, 3.05) is 0 Å². The molecule has 0 radical (unpaired) electrons.